The zero-order valence-electron chi connectivity index (χ0n) is 10.9. The summed E-state index contributed by atoms with van der Waals surface area (Å²) in [6.07, 6.45) is 0. The van der Waals surface area contributed by atoms with Crippen LogP contribution in [0.1, 0.15) is 24.2 Å². The van der Waals surface area contributed by atoms with E-state index in [9.17, 15) is 4.79 Å². The number of amides is 1. The van der Waals surface area contributed by atoms with Crippen LogP contribution in [0.5, 0.6) is 0 Å². The average molecular weight is 315 g/mol. The topological polar surface area (TPSA) is 55.6 Å². The number of methoxy groups -OCH3 is 1. The van der Waals surface area contributed by atoms with Crippen LogP contribution in [0.4, 0.5) is 5.69 Å². The highest BCUT2D eigenvalue weighted by Crippen LogP contribution is 2.20. The number of carbonyl (C=O) groups is 1. The van der Waals surface area contributed by atoms with Gasteiger partial charge < -0.3 is 15.4 Å². The molecule has 0 aliphatic heterocycles. The third-order valence-corrected chi connectivity index (χ3v) is 3.16. The standard InChI is InChI=1S/C13H19BrN2O2/c1-9(2)16(6-7-18-3)13(17)11-5-4-10(14)8-12(11)15/h4-5,8-9H,6-7,15H2,1-3H3. The molecule has 0 saturated carbocycles. The lowest BCUT2D eigenvalue weighted by Gasteiger charge is -2.27. The van der Waals surface area contributed by atoms with E-state index in [1.807, 2.05) is 19.9 Å². The van der Waals surface area contributed by atoms with Gasteiger partial charge in [-0.1, -0.05) is 15.9 Å². The summed E-state index contributed by atoms with van der Waals surface area (Å²) in [5.41, 5.74) is 6.89. The van der Waals surface area contributed by atoms with Gasteiger partial charge in [0.25, 0.3) is 5.91 Å². The third kappa shape index (κ3) is 3.71. The molecule has 0 radical (unpaired) electrons. The molecule has 0 spiro atoms. The van der Waals surface area contributed by atoms with Crippen LogP contribution in [-0.4, -0.2) is 37.1 Å². The molecule has 2 N–H and O–H groups in total. The Kier molecular flexibility index (Phi) is 5.62. The molecule has 1 rings (SSSR count). The molecule has 0 saturated heterocycles. The second kappa shape index (κ2) is 6.75. The van der Waals surface area contributed by atoms with Crippen molar-refractivity contribution in [1.82, 2.24) is 4.90 Å². The van der Waals surface area contributed by atoms with Crippen molar-refractivity contribution in [2.24, 2.45) is 0 Å². The van der Waals surface area contributed by atoms with Gasteiger partial charge in [-0.3, -0.25) is 4.79 Å². The average Bonchev–Trinajstić information content (AvgIpc) is 2.28. The fourth-order valence-electron chi connectivity index (χ4n) is 1.67. The fourth-order valence-corrected chi connectivity index (χ4v) is 2.05. The molecular weight excluding hydrogens is 296 g/mol. The van der Waals surface area contributed by atoms with Gasteiger partial charge in [0.1, 0.15) is 0 Å². The summed E-state index contributed by atoms with van der Waals surface area (Å²) in [7, 11) is 1.62. The molecule has 0 atom stereocenters. The van der Waals surface area contributed by atoms with Crippen LogP contribution in [0.3, 0.4) is 0 Å². The van der Waals surface area contributed by atoms with Gasteiger partial charge in [-0.25, -0.2) is 0 Å². The highest BCUT2D eigenvalue weighted by molar-refractivity contribution is 9.10. The van der Waals surface area contributed by atoms with E-state index in [4.69, 9.17) is 10.5 Å². The highest BCUT2D eigenvalue weighted by Gasteiger charge is 2.20. The number of hydrogen-bond acceptors (Lipinski definition) is 3. The highest BCUT2D eigenvalue weighted by atomic mass is 79.9. The van der Waals surface area contributed by atoms with Crippen LogP contribution in [0.25, 0.3) is 0 Å². The van der Waals surface area contributed by atoms with Gasteiger partial charge in [-0.2, -0.15) is 0 Å². The summed E-state index contributed by atoms with van der Waals surface area (Å²) in [6, 6.07) is 5.40. The minimum atomic E-state index is -0.0629. The van der Waals surface area contributed by atoms with Crippen LogP contribution < -0.4 is 5.73 Å². The summed E-state index contributed by atoms with van der Waals surface area (Å²) in [5, 5.41) is 0. The lowest BCUT2D eigenvalue weighted by atomic mass is 10.1. The Hall–Kier alpha value is -1.07. The van der Waals surface area contributed by atoms with Crippen molar-refractivity contribution in [2.45, 2.75) is 19.9 Å². The number of nitrogens with two attached hydrogens (primary N) is 1. The van der Waals surface area contributed by atoms with Crippen molar-refractivity contribution >= 4 is 27.5 Å². The van der Waals surface area contributed by atoms with Crippen LogP contribution >= 0.6 is 15.9 Å². The summed E-state index contributed by atoms with van der Waals surface area (Å²) < 4.78 is 5.89. The van der Waals surface area contributed by atoms with E-state index in [1.165, 1.54) is 0 Å². The first kappa shape index (κ1) is 15.0. The largest absolute Gasteiger partial charge is 0.398 e. The molecular formula is C13H19BrN2O2. The van der Waals surface area contributed by atoms with Crippen LogP contribution in [0, 0.1) is 0 Å². The number of carbonyl (C=O) groups excluding carboxylic acids is 1. The number of ether oxygens (including phenoxy) is 1. The number of rotatable bonds is 5. The Bertz CT molecular complexity index is 421. The predicted octanol–water partition coefficient (Wildman–Crippen LogP) is 2.53. The Balaban J connectivity index is 2.94. The molecule has 0 aliphatic carbocycles. The number of hydrogen-bond donors (Lipinski definition) is 1. The molecule has 4 nitrogen and oxygen atoms in total. The van der Waals surface area contributed by atoms with Gasteiger partial charge in [0.05, 0.1) is 12.2 Å². The van der Waals surface area contributed by atoms with Crippen LogP contribution in [0.2, 0.25) is 0 Å². The van der Waals surface area contributed by atoms with E-state index in [1.54, 1.807) is 24.1 Å². The van der Waals surface area contributed by atoms with E-state index in [0.29, 0.717) is 24.4 Å². The predicted molar refractivity (Wildman–Crippen MR) is 76.6 cm³/mol. The van der Waals surface area contributed by atoms with Crippen LogP contribution in [0.15, 0.2) is 22.7 Å². The lowest BCUT2D eigenvalue weighted by Crippen LogP contribution is -2.39. The smallest absolute Gasteiger partial charge is 0.256 e. The number of nitrogens with zero attached hydrogens (tertiary/aromatic N) is 1. The monoisotopic (exact) mass is 314 g/mol. The normalized spacial score (nSPS) is 10.7. The zero-order chi connectivity index (χ0) is 13.7. The minimum Gasteiger partial charge on any atom is -0.398 e. The van der Waals surface area contributed by atoms with Gasteiger partial charge >= 0.3 is 0 Å². The number of anilines is 1. The van der Waals surface area contributed by atoms with E-state index >= 15 is 0 Å². The SMILES string of the molecule is COCCN(C(=O)c1ccc(Br)cc1N)C(C)C. The summed E-state index contributed by atoms with van der Waals surface area (Å²) in [6.45, 7) is 5.02. The first-order chi connectivity index (χ1) is 8.47. The zero-order valence-corrected chi connectivity index (χ0v) is 12.5. The molecule has 0 aromatic heterocycles. The van der Waals surface area contributed by atoms with Crippen molar-refractivity contribution in [3.05, 3.63) is 28.2 Å². The van der Waals surface area contributed by atoms with Gasteiger partial charge in [0.2, 0.25) is 0 Å². The number of benzene rings is 1. The molecule has 1 aromatic rings. The maximum Gasteiger partial charge on any atom is 0.256 e. The summed E-state index contributed by atoms with van der Waals surface area (Å²) in [4.78, 5) is 14.2. The van der Waals surface area contributed by atoms with Crippen molar-refractivity contribution in [1.29, 1.82) is 0 Å². The first-order valence-corrected chi connectivity index (χ1v) is 6.61. The summed E-state index contributed by atoms with van der Waals surface area (Å²) in [5.74, 6) is -0.0629. The quantitative estimate of drug-likeness (QED) is 0.850. The van der Waals surface area contributed by atoms with E-state index in [0.717, 1.165) is 4.47 Å². The fraction of sp³-hybridized carbons (Fsp3) is 0.462. The first-order valence-electron chi connectivity index (χ1n) is 5.82. The lowest BCUT2D eigenvalue weighted by molar-refractivity contribution is 0.0636. The molecule has 0 fully saturated rings. The van der Waals surface area contributed by atoms with Crippen molar-refractivity contribution in [2.75, 3.05) is 26.0 Å². The van der Waals surface area contributed by atoms with E-state index < -0.39 is 0 Å². The molecule has 1 amide bonds. The van der Waals surface area contributed by atoms with Gasteiger partial charge in [0.15, 0.2) is 0 Å². The Morgan fingerprint density at radius 3 is 2.67 bits per heavy atom. The number of halogens is 1. The van der Waals surface area contributed by atoms with Crippen LogP contribution in [-0.2, 0) is 4.74 Å². The summed E-state index contributed by atoms with van der Waals surface area (Å²) >= 11 is 3.33. The second-order valence-electron chi connectivity index (χ2n) is 4.32. The van der Waals surface area contributed by atoms with Crippen molar-refractivity contribution in [3.63, 3.8) is 0 Å². The second-order valence-corrected chi connectivity index (χ2v) is 5.23. The Morgan fingerprint density at radius 1 is 1.50 bits per heavy atom. The Morgan fingerprint density at radius 2 is 2.17 bits per heavy atom. The van der Waals surface area contributed by atoms with Gasteiger partial charge in [-0.15, -0.1) is 0 Å². The van der Waals surface area contributed by atoms with E-state index in [-0.39, 0.29) is 11.9 Å². The molecule has 1 aromatic carbocycles. The Labute approximate surface area is 116 Å². The van der Waals surface area contributed by atoms with Crippen molar-refractivity contribution < 1.29 is 9.53 Å². The maximum atomic E-state index is 12.4. The van der Waals surface area contributed by atoms with Gasteiger partial charge in [-0.05, 0) is 32.0 Å². The molecule has 18 heavy (non-hydrogen) atoms. The molecule has 0 aliphatic rings. The van der Waals surface area contributed by atoms with Crippen molar-refractivity contribution in [3.8, 4) is 0 Å². The molecule has 100 valence electrons. The number of nitrogen functional groups attached to an aromatic ring is 1. The molecule has 0 unspecified atom stereocenters. The molecule has 0 heterocycles. The minimum absolute atomic E-state index is 0.0629. The van der Waals surface area contributed by atoms with Gasteiger partial charge in [0, 0.05) is 29.9 Å². The third-order valence-electron chi connectivity index (χ3n) is 2.66. The molecule has 0 bridgehead atoms. The maximum absolute atomic E-state index is 12.4. The van der Waals surface area contributed by atoms with E-state index in [2.05, 4.69) is 15.9 Å². The molecule has 5 heteroatoms.